The largest absolute Gasteiger partial charge is 0.466 e. The van der Waals surface area contributed by atoms with E-state index in [0.29, 0.717) is 31.5 Å². The van der Waals surface area contributed by atoms with Gasteiger partial charge in [0.05, 0.1) is 24.1 Å². The van der Waals surface area contributed by atoms with Crippen LogP contribution in [-0.2, 0) is 22.5 Å². The minimum Gasteiger partial charge on any atom is -0.466 e. The van der Waals surface area contributed by atoms with Gasteiger partial charge in [0.25, 0.3) is 0 Å². The van der Waals surface area contributed by atoms with Gasteiger partial charge in [0.2, 0.25) is 0 Å². The second-order valence-corrected chi connectivity index (χ2v) is 8.61. The third kappa shape index (κ3) is 4.98. The number of carbonyl (C=O) groups excluding carboxylic acids is 1. The maximum atomic E-state index is 13.7. The van der Waals surface area contributed by atoms with E-state index in [2.05, 4.69) is 25.5 Å². The molecule has 0 radical (unpaired) electrons. The van der Waals surface area contributed by atoms with Crippen LogP contribution < -0.4 is 0 Å². The van der Waals surface area contributed by atoms with E-state index in [4.69, 9.17) is 4.74 Å². The van der Waals surface area contributed by atoms with E-state index < -0.39 is 0 Å². The maximum Gasteiger partial charge on any atom is 0.306 e. The summed E-state index contributed by atoms with van der Waals surface area (Å²) in [6, 6.07) is 12.8. The second kappa shape index (κ2) is 8.43. The molecule has 6 heteroatoms. The van der Waals surface area contributed by atoms with Crippen molar-refractivity contribution < 1.29 is 13.9 Å². The first kappa shape index (κ1) is 20.5. The fourth-order valence-electron chi connectivity index (χ4n) is 3.33. The average Bonchev–Trinajstić information content (AvgIpc) is 2.92. The Kier molecular flexibility index (Phi) is 6.18. The minimum absolute atomic E-state index is 0.214. The van der Waals surface area contributed by atoms with Crippen LogP contribution in [0, 0.1) is 11.2 Å². The molecule has 0 atom stereocenters. The molecule has 0 amide bonds. The van der Waals surface area contributed by atoms with Gasteiger partial charge in [-0.25, -0.2) is 9.37 Å². The van der Waals surface area contributed by atoms with Crippen LogP contribution in [0.25, 0.3) is 11.0 Å². The van der Waals surface area contributed by atoms with Crippen molar-refractivity contribution in [1.29, 1.82) is 0 Å². The highest BCUT2D eigenvalue weighted by molar-refractivity contribution is 9.10. The van der Waals surface area contributed by atoms with Crippen LogP contribution >= 0.6 is 15.9 Å². The van der Waals surface area contributed by atoms with E-state index in [1.807, 2.05) is 38.1 Å². The SMILES string of the molecule is CCOC(=O)CC(C)(C)Cc1nc2cc(F)ccc2n1Cc1ccc(Br)cc1. The van der Waals surface area contributed by atoms with Crippen molar-refractivity contribution in [3.8, 4) is 0 Å². The molecule has 0 spiro atoms. The molecule has 0 saturated heterocycles. The number of imidazole rings is 1. The van der Waals surface area contributed by atoms with Gasteiger partial charge in [-0.05, 0) is 42.2 Å². The highest BCUT2D eigenvalue weighted by Gasteiger charge is 2.26. The molecule has 3 aromatic rings. The lowest BCUT2D eigenvalue weighted by molar-refractivity contribution is -0.145. The lowest BCUT2D eigenvalue weighted by Crippen LogP contribution is -2.23. The molecule has 2 aromatic carbocycles. The van der Waals surface area contributed by atoms with Crippen molar-refractivity contribution in [1.82, 2.24) is 9.55 Å². The van der Waals surface area contributed by atoms with E-state index in [0.717, 1.165) is 21.4 Å². The van der Waals surface area contributed by atoms with Gasteiger partial charge in [-0.2, -0.15) is 0 Å². The number of hydrogen-bond acceptors (Lipinski definition) is 3. The normalized spacial score (nSPS) is 11.8. The zero-order chi connectivity index (χ0) is 20.3. The molecule has 4 nitrogen and oxygen atoms in total. The van der Waals surface area contributed by atoms with Gasteiger partial charge in [0.15, 0.2) is 0 Å². The van der Waals surface area contributed by atoms with Crippen molar-refractivity contribution in [3.05, 3.63) is 64.1 Å². The molecule has 1 aromatic heterocycles. The Morgan fingerprint density at radius 2 is 1.93 bits per heavy atom. The molecule has 28 heavy (non-hydrogen) atoms. The quantitative estimate of drug-likeness (QED) is 0.449. The molecule has 0 fully saturated rings. The Morgan fingerprint density at radius 3 is 2.61 bits per heavy atom. The summed E-state index contributed by atoms with van der Waals surface area (Å²) in [5.41, 5.74) is 2.30. The van der Waals surface area contributed by atoms with Gasteiger partial charge in [0.1, 0.15) is 11.6 Å². The van der Waals surface area contributed by atoms with Crippen LogP contribution in [0.2, 0.25) is 0 Å². The molecule has 0 saturated carbocycles. The van der Waals surface area contributed by atoms with Gasteiger partial charge < -0.3 is 9.30 Å². The summed E-state index contributed by atoms with van der Waals surface area (Å²) in [6.45, 7) is 6.84. The highest BCUT2D eigenvalue weighted by atomic mass is 79.9. The predicted molar refractivity (Wildman–Crippen MR) is 112 cm³/mol. The molecule has 0 aliphatic rings. The molecule has 0 aliphatic heterocycles. The summed E-state index contributed by atoms with van der Waals surface area (Å²) in [5.74, 6) is 0.310. The lowest BCUT2D eigenvalue weighted by Gasteiger charge is -2.23. The monoisotopic (exact) mass is 446 g/mol. The Bertz CT molecular complexity index is 980. The fourth-order valence-corrected chi connectivity index (χ4v) is 3.59. The van der Waals surface area contributed by atoms with Crippen LogP contribution in [0.1, 0.15) is 38.6 Å². The zero-order valence-corrected chi connectivity index (χ0v) is 17.9. The van der Waals surface area contributed by atoms with Crippen LogP contribution in [0.3, 0.4) is 0 Å². The third-order valence-corrected chi connectivity index (χ3v) is 5.14. The van der Waals surface area contributed by atoms with Crippen molar-refractivity contribution in [2.75, 3.05) is 6.61 Å². The van der Waals surface area contributed by atoms with E-state index in [9.17, 15) is 9.18 Å². The highest BCUT2D eigenvalue weighted by Crippen LogP contribution is 2.29. The molecule has 0 bridgehead atoms. The van der Waals surface area contributed by atoms with Crippen LogP contribution in [0.5, 0.6) is 0 Å². The van der Waals surface area contributed by atoms with Crippen LogP contribution in [0.15, 0.2) is 46.9 Å². The van der Waals surface area contributed by atoms with E-state index in [1.165, 1.54) is 12.1 Å². The average molecular weight is 447 g/mol. The molecule has 148 valence electrons. The van der Waals surface area contributed by atoms with E-state index in [-0.39, 0.29) is 17.2 Å². The molecular weight excluding hydrogens is 423 g/mol. The number of rotatable bonds is 7. The van der Waals surface area contributed by atoms with Gasteiger partial charge in [-0.1, -0.05) is 41.9 Å². The summed E-state index contributed by atoms with van der Waals surface area (Å²) in [5, 5.41) is 0. The number of aromatic nitrogens is 2. The first-order chi connectivity index (χ1) is 13.3. The molecule has 0 aliphatic carbocycles. The first-order valence-electron chi connectivity index (χ1n) is 9.32. The predicted octanol–water partition coefficient (Wildman–Crippen LogP) is 5.51. The Morgan fingerprint density at radius 1 is 1.21 bits per heavy atom. The van der Waals surface area contributed by atoms with Crippen molar-refractivity contribution in [3.63, 3.8) is 0 Å². The van der Waals surface area contributed by atoms with Crippen LogP contribution in [-0.4, -0.2) is 22.1 Å². The number of halogens is 2. The molecule has 3 rings (SSSR count). The summed E-state index contributed by atoms with van der Waals surface area (Å²) in [6.07, 6.45) is 0.884. The summed E-state index contributed by atoms with van der Waals surface area (Å²) in [4.78, 5) is 16.7. The summed E-state index contributed by atoms with van der Waals surface area (Å²) < 4.78 is 22.0. The molecular formula is C22H24BrFN2O2. The number of nitrogens with zero attached hydrogens (tertiary/aromatic N) is 2. The topological polar surface area (TPSA) is 44.1 Å². The number of benzene rings is 2. The number of hydrogen-bond donors (Lipinski definition) is 0. The number of esters is 1. The molecule has 1 heterocycles. The fraction of sp³-hybridized carbons (Fsp3) is 0.364. The smallest absolute Gasteiger partial charge is 0.306 e. The van der Waals surface area contributed by atoms with Crippen molar-refractivity contribution in [2.24, 2.45) is 5.41 Å². The third-order valence-electron chi connectivity index (χ3n) is 4.61. The van der Waals surface area contributed by atoms with Gasteiger partial charge in [0, 0.05) is 23.5 Å². The van der Waals surface area contributed by atoms with Crippen molar-refractivity contribution >= 4 is 32.9 Å². The number of carbonyl (C=O) groups is 1. The summed E-state index contributed by atoms with van der Waals surface area (Å²) in [7, 11) is 0. The maximum absolute atomic E-state index is 13.7. The van der Waals surface area contributed by atoms with Crippen molar-refractivity contribution in [2.45, 2.75) is 40.2 Å². The zero-order valence-electron chi connectivity index (χ0n) is 16.3. The Labute approximate surface area is 172 Å². The lowest BCUT2D eigenvalue weighted by atomic mass is 9.85. The number of fused-ring (bicyclic) bond motifs is 1. The van der Waals surface area contributed by atoms with Gasteiger partial charge in [-0.3, -0.25) is 4.79 Å². The Balaban J connectivity index is 1.96. The van der Waals surface area contributed by atoms with E-state index in [1.54, 1.807) is 13.0 Å². The molecule has 0 unspecified atom stereocenters. The second-order valence-electron chi connectivity index (χ2n) is 7.70. The minimum atomic E-state index is -0.330. The first-order valence-corrected chi connectivity index (χ1v) is 10.1. The summed E-state index contributed by atoms with van der Waals surface area (Å²) >= 11 is 3.46. The van der Waals surface area contributed by atoms with E-state index >= 15 is 0 Å². The standard InChI is InChI=1S/C22H24BrFN2O2/c1-4-28-21(27)13-22(2,3)12-20-25-18-11-17(24)9-10-19(18)26(20)14-15-5-7-16(23)8-6-15/h5-11H,4,12-14H2,1-3H3. The molecule has 0 N–H and O–H groups in total. The number of ether oxygens (including phenoxy) is 1. The van der Waals surface area contributed by atoms with Gasteiger partial charge in [-0.15, -0.1) is 0 Å². The Hall–Kier alpha value is -2.21. The van der Waals surface area contributed by atoms with Crippen LogP contribution in [0.4, 0.5) is 4.39 Å². The van der Waals surface area contributed by atoms with Gasteiger partial charge >= 0.3 is 5.97 Å².